The minimum atomic E-state index is -0.708. The minimum absolute atomic E-state index is 0.0388. The van der Waals surface area contributed by atoms with Gasteiger partial charge in [0.2, 0.25) is 0 Å². The van der Waals surface area contributed by atoms with Crippen LogP contribution in [0.15, 0.2) is 0 Å². The summed E-state index contributed by atoms with van der Waals surface area (Å²) in [6.07, 6.45) is 8.50. The number of carbonyl (C=O) groups excluding carboxylic acids is 1. The van der Waals surface area contributed by atoms with Crippen LogP contribution in [0.4, 0.5) is 4.79 Å². The second-order valence-corrected chi connectivity index (χ2v) is 7.12. The Morgan fingerprint density at radius 3 is 2.48 bits per heavy atom. The van der Waals surface area contributed by atoms with Crippen molar-refractivity contribution in [3.05, 3.63) is 0 Å². The van der Waals surface area contributed by atoms with Crippen molar-refractivity contribution in [1.29, 1.82) is 0 Å². The summed E-state index contributed by atoms with van der Waals surface area (Å²) in [5.41, 5.74) is -0.664. The highest BCUT2D eigenvalue weighted by molar-refractivity contribution is 5.80. The van der Waals surface area contributed by atoms with Crippen molar-refractivity contribution in [2.45, 2.75) is 57.4 Å². The predicted molar refractivity (Wildman–Crippen MR) is 79.0 cm³/mol. The summed E-state index contributed by atoms with van der Waals surface area (Å²) in [4.78, 5) is 28.1. The molecular formula is C16H26N2O3. The van der Waals surface area contributed by atoms with Crippen molar-refractivity contribution in [2.75, 3.05) is 20.1 Å². The fourth-order valence-corrected chi connectivity index (χ4v) is 4.63. The van der Waals surface area contributed by atoms with Crippen LogP contribution in [-0.4, -0.2) is 53.1 Å². The number of aliphatic carboxylic acids is 1. The molecule has 0 radical (unpaired) electrons. The van der Waals surface area contributed by atoms with Gasteiger partial charge in [0, 0.05) is 26.2 Å². The summed E-state index contributed by atoms with van der Waals surface area (Å²) < 4.78 is 0. The lowest BCUT2D eigenvalue weighted by molar-refractivity contribution is -0.149. The third-order valence-electron chi connectivity index (χ3n) is 5.99. The van der Waals surface area contributed by atoms with E-state index in [4.69, 9.17) is 0 Å². The van der Waals surface area contributed by atoms with E-state index in [9.17, 15) is 14.7 Å². The number of likely N-dealkylation sites (tertiary alicyclic amines) is 1. The first kappa shape index (κ1) is 14.7. The number of rotatable bonds is 2. The molecule has 3 rings (SSSR count). The summed E-state index contributed by atoms with van der Waals surface area (Å²) in [5.74, 6) is -0.556. The van der Waals surface area contributed by atoms with E-state index >= 15 is 0 Å². The molecule has 0 aromatic heterocycles. The van der Waals surface area contributed by atoms with Crippen molar-refractivity contribution in [1.82, 2.24) is 9.80 Å². The van der Waals surface area contributed by atoms with Gasteiger partial charge in [0.15, 0.2) is 0 Å². The van der Waals surface area contributed by atoms with Gasteiger partial charge in [0.1, 0.15) is 0 Å². The summed E-state index contributed by atoms with van der Waals surface area (Å²) in [6, 6.07) is 0.379. The van der Waals surface area contributed by atoms with E-state index in [2.05, 4.69) is 0 Å². The molecule has 0 bridgehead atoms. The van der Waals surface area contributed by atoms with Gasteiger partial charge in [0.05, 0.1) is 5.41 Å². The third-order valence-corrected chi connectivity index (χ3v) is 5.99. The number of nitrogens with zero attached hydrogens (tertiary/aromatic N) is 2. The zero-order valence-electron chi connectivity index (χ0n) is 12.9. The summed E-state index contributed by atoms with van der Waals surface area (Å²) >= 11 is 0. The standard InChI is InChI=1S/C16H26N2O3/c1-17(13-7-3-2-4-8-13)15(21)18-10-12-6-5-9-16(12,11-18)14(19)20/h12-13H,2-11H2,1H3,(H,19,20)/t12-,16+/m0/s1. The second kappa shape index (κ2) is 5.50. The summed E-state index contributed by atoms with van der Waals surface area (Å²) in [6.45, 7) is 1.03. The smallest absolute Gasteiger partial charge is 0.320 e. The molecule has 1 heterocycles. The Morgan fingerprint density at radius 2 is 1.86 bits per heavy atom. The van der Waals surface area contributed by atoms with Crippen LogP contribution in [0.2, 0.25) is 0 Å². The van der Waals surface area contributed by atoms with E-state index in [1.807, 2.05) is 11.9 Å². The van der Waals surface area contributed by atoms with Gasteiger partial charge in [-0.1, -0.05) is 25.7 Å². The Kier molecular flexibility index (Phi) is 3.84. The molecule has 21 heavy (non-hydrogen) atoms. The Labute approximate surface area is 126 Å². The molecule has 2 amide bonds. The highest BCUT2D eigenvalue weighted by Crippen LogP contribution is 2.49. The number of hydrogen-bond donors (Lipinski definition) is 1. The highest BCUT2D eigenvalue weighted by Gasteiger charge is 2.56. The van der Waals surface area contributed by atoms with Gasteiger partial charge in [0.25, 0.3) is 0 Å². The number of fused-ring (bicyclic) bond motifs is 1. The Hall–Kier alpha value is -1.26. The molecule has 2 atom stereocenters. The predicted octanol–water partition coefficient (Wildman–Crippen LogP) is 2.56. The molecule has 2 aliphatic carbocycles. The Bertz CT molecular complexity index is 433. The van der Waals surface area contributed by atoms with Gasteiger partial charge < -0.3 is 14.9 Å². The van der Waals surface area contributed by atoms with E-state index in [0.717, 1.165) is 32.1 Å². The fraction of sp³-hybridized carbons (Fsp3) is 0.875. The number of amides is 2. The Balaban J connectivity index is 1.68. The number of carboxylic acid groups (broad SMARTS) is 1. The van der Waals surface area contributed by atoms with Crippen LogP contribution in [0.1, 0.15) is 51.4 Å². The SMILES string of the molecule is CN(C(=O)N1C[C@@H]2CCC[C@@]2(C(=O)O)C1)C1CCCCC1. The van der Waals surface area contributed by atoms with Gasteiger partial charge in [-0.15, -0.1) is 0 Å². The topological polar surface area (TPSA) is 60.9 Å². The van der Waals surface area contributed by atoms with Crippen LogP contribution in [0.3, 0.4) is 0 Å². The average Bonchev–Trinajstić information content (AvgIpc) is 3.04. The average molecular weight is 294 g/mol. The number of urea groups is 1. The van der Waals surface area contributed by atoms with E-state index in [1.165, 1.54) is 19.3 Å². The van der Waals surface area contributed by atoms with Crippen molar-refractivity contribution in [3.63, 3.8) is 0 Å². The number of carboxylic acids is 1. The molecule has 5 nitrogen and oxygen atoms in total. The minimum Gasteiger partial charge on any atom is -0.481 e. The van der Waals surface area contributed by atoms with Gasteiger partial charge in [-0.3, -0.25) is 4.79 Å². The molecule has 3 fully saturated rings. The first-order chi connectivity index (χ1) is 10.0. The fourth-order valence-electron chi connectivity index (χ4n) is 4.63. The molecule has 2 saturated carbocycles. The first-order valence-corrected chi connectivity index (χ1v) is 8.30. The lowest BCUT2D eigenvalue weighted by Gasteiger charge is -2.34. The molecule has 1 N–H and O–H groups in total. The molecule has 1 aliphatic heterocycles. The maximum atomic E-state index is 12.7. The van der Waals surface area contributed by atoms with Crippen LogP contribution < -0.4 is 0 Å². The molecule has 0 spiro atoms. The van der Waals surface area contributed by atoms with Gasteiger partial charge in [-0.2, -0.15) is 0 Å². The Morgan fingerprint density at radius 1 is 1.14 bits per heavy atom. The molecule has 1 saturated heterocycles. The molecule has 0 aromatic rings. The first-order valence-electron chi connectivity index (χ1n) is 8.30. The van der Waals surface area contributed by atoms with E-state index in [-0.39, 0.29) is 11.9 Å². The number of carbonyl (C=O) groups is 2. The molecule has 0 unspecified atom stereocenters. The molecule has 0 aromatic carbocycles. The zero-order valence-corrected chi connectivity index (χ0v) is 12.9. The van der Waals surface area contributed by atoms with E-state index < -0.39 is 11.4 Å². The van der Waals surface area contributed by atoms with E-state index in [0.29, 0.717) is 19.1 Å². The van der Waals surface area contributed by atoms with Crippen LogP contribution in [-0.2, 0) is 4.79 Å². The summed E-state index contributed by atoms with van der Waals surface area (Å²) in [7, 11) is 1.89. The van der Waals surface area contributed by atoms with Crippen molar-refractivity contribution in [2.24, 2.45) is 11.3 Å². The van der Waals surface area contributed by atoms with Crippen LogP contribution in [0.25, 0.3) is 0 Å². The normalized spacial score (nSPS) is 33.0. The van der Waals surface area contributed by atoms with E-state index in [1.54, 1.807) is 4.90 Å². The lowest BCUT2D eigenvalue weighted by Crippen LogP contribution is -2.47. The monoisotopic (exact) mass is 294 g/mol. The summed E-state index contributed by atoms with van der Waals surface area (Å²) in [5, 5.41) is 9.61. The van der Waals surface area contributed by atoms with Crippen molar-refractivity contribution in [3.8, 4) is 0 Å². The zero-order chi connectivity index (χ0) is 15.0. The quantitative estimate of drug-likeness (QED) is 0.851. The molecule has 3 aliphatic rings. The molecular weight excluding hydrogens is 268 g/mol. The second-order valence-electron chi connectivity index (χ2n) is 7.12. The van der Waals surface area contributed by atoms with Gasteiger partial charge in [-0.05, 0) is 31.6 Å². The highest BCUT2D eigenvalue weighted by atomic mass is 16.4. The maximum Gasteiger partial charge on any atom is 0.320 e. The van der Waals surface area contributed by atoms with Crippen molar-refractivity contribution >= 4 is 12.0 Å². The van der Waals surface area contributed by atoms with Gasteiger partial charge >= 0.3 is 12.0 Å². The maximum absolute atomic E-state index is 12.7. The van der Waals surface area contributed by atoms with Crippen molar-refractivity contribution < 1.29 is 14.7 Å². The van der Waals surface area contributed by atoms with Gasteiger partial charge in [-0.25, -0.2) is 4.79 Å². The van der Waals surface area contributed by atoms with Crippen LogP contribution in [0, 0.1) is 11.3 Å². The third kappa shape index (κ3) is 2.40. The van der Waals surface area contributed by atoms with Crippen LogP contribution >= 0.6 is 0 Å². The number of hydrogen-bond acceptors (Lipinski definition) is 2. The van der Waals surface area contributed by atoms with Crippen LogP contribution in [0.5, 0.6) is 0 Å². The molecule has 5 heteroatoms. The largest absolute Gasteiger partial charge is 0.481 e. The lowest BCUT2D eigenvalue weighted by atomic mass is 9.81. The molecule has 118 valence electrons.